The van der Waals surface area contributed by atoms with E-state index < -0.39 is 0 Å². The molecule has 0 radical (unpaired) electrons. The monoisotopic (exact) mass is 555 g/mol. The van der Waals surface area contributed by atoms with E-state index in [9.17, 15) is 0 Å². The van der Waals surface area contributed by atoms with Crippen LogP contribution in [0.5, 0.6) is 0 Å². The topological polar surface area (TPSA) is 13.0 Å². The number of piperidine rings is 4. The average molecular weight is 555 g/mol. The van der Waals surface area contributed by atoms with E-state index in [1.807, 2.05) is 0 Å². The van der Waals surface area contributed by atoms with Crippen LogP contribution in [-0.4, -0.2) is 98.1 Å². The summed E-state index contributed by atoms with van der Waals surface area (Å²) in [5.41, 5.74) is 0. The Morgan fingerprint density at radius 3 is 0.800 bits per heavy atom. The summed E-state index contributed by atoms with van der Waals surface area (Å²) in [6, 6.07) is 0. The Balaban J connectivity index is 0.812. The lowest BCUT2D eigenvalue weighted by Gasteiger charge is -2.42. The van der Waals surface area contributed by atoms with Crippen molar-refractivity contribution in [3.63, 3.8) is 0 Å². The zero-order valence-electron chi connectivity index (χ0n) is 26.5. The van der Waals surface area contributed by atoms with Crippen molar-refractivity contribution in [1.82, 2.24) is 19.6 Å². The van der Waals surface area contributed by atoms with Gasteiger partial charge in [-0.25, -0.2) is 0 Å². The van der Waals surface area contributed by atoms with Crippen molar-refractivity contribution in [1.29, 1.82) is 0 Å². The predicted molar refractivity (Wildman–Crippen MR) is 170 cm³/mol. The number of likely N-dealkylation sites (tertiary alicyclic amines) is 4. The number of hydrogen-bond donors (Lipinski definition) is 0. The quantitative estimate of drug-likeness (QED) is 0.304. The van der Waals surface area contributed by atoms with Crippen molar-refractivity contribution in [3.8, 4) is 0 Å². The van der Waals surface area contributed by atoms with E-state index >= 15 is 0 Å². The summed E-state index contributed by atoms with van der Waals surface area (Å²) in [6.07, 6.45) is 26.8. The highest BCUT2D eigenvalue weighted by atomic mass is 15.1. The fourth-order valence-corrected chi connectivity index (χ4v) is 10.2. The van der Waals surface area contributed by atoms with Crippen LogP contribution in [0.25, 0.3) is 0 Å². The van der Waals surface area contributed by atoms with Gasteiger partial charge in [0, 0.05) is 26.2 Å². The van der Waals surface area contributed by atoms with Gasteiger partial charge in [0.25, 0.3) is 0 Å². The zero-order chi connectivity index (χ0) is 27.0. The van der Waals surface area contributed by atoms with Crippen molar-refractivity contribution in [2.24, 2.45) is 35.5 Å². The van der Waals surface area contributed by atoms with Crippen LogP contribution < -0.4 is 0 Å². The summed E-state index contributed by atoms with van der Waals surface area (Å²) in [7, 11) is 0. The van der Waals surface area contributed by atoms with Gasteiger partial charge in [0.05, 0.1) is 0 Å². The zero-order valence-corrected chi connectivity index (χ0v) is 26.5. The average Bonchev–Trinajstić information content (AvgIpc) is 3.01. The Labute approximate surface area is 249 Å². The molecule has 0 bridgehead atoms. The van der Waals surface area contributed by atoms with Crippen LogP contribution in [0, 0.1) is 35.5 Å². The van der Waals surface area contributed by atoms with Crippen molar-refractivity contribution >= 4 is 0 Å². The number of hydrogen-bond acceptors (Lipinski definition) is 4. The molecular weight excluding hydrogens is 488 g/mol. The Bertz CT molecular complexity index is 624. The minimum atomic E-state index is 0.997. The van der Waals surface area contributed by atoms with Crippen molar-refractivity contribution in [3.05, 3.63) is 0 Å². The molecule has 4 saturated heterocycles. The van der Waals surface area contributed by atoms with Crippen LogP contribution >= 0.6 is 0 Å². The lowest BCUT2D eigenvalue weighted by Crippen LogP contribution is -2.43. The predicted octanol–water partition coefficient (Wildman–Crippen LogP) is 7.00. The van der Waals surface area contributed by atoms with Gasteiger partial charge in [-0.05, 0) is 191 Å². The van der Waals surface area contributed by atoms with Crippen LogP contribution in [-0.2, 0) is 0 Å². The van der Waals surface area contributed by atoms with Gasteiger partial charge in [0.15, 0.2) is 0 Å². The van der Waals surface area contributed by atoms with Gasteiger partial charge in [0.1, 0.15) is 0 Å². The molecule has 40 heavy (non-hydrogen) atoms. The molecule has 230 valence electrons. The van der Waals surface area contributed by atoms with Gasteiger partial charge in [-0.15, -0.1) is 0 Å². The van der Waals surface area contributed by atoms with E-state index in [-0.39, 0.29) is 0 Å². The van der Waals surface area contributed by atoms with Crippen LogP contribution in [0.15, 0.2) is 0 Å². The molecule has 0 amide bonds. The van der Waals surface area contributed by atoms with Crippen molar-refractivity contribution < 1.29 is 0 Å². The lowest BCUT2D eigenvalue weighted by atomic mass is 9.77. The number of nitrogens with zero attached hydrogens (tertiary/aromatic N) is 4. The van der Waals surface area contributed by atoms with Crippen LogP contribution in [0.4, 0.5) is 0 Å². The third kappa shape index (κ3) is 8.93. The Morgan fingerprint density at radius 1 is 0.275 bits per heavy atom. The molecule has 4 nitrogen and oxygen atoms in total. The maximum Gasteiger partial charge on any atom is 0.000966 e. The summed E-state index contributed by atoms with van der Waals surface area (Å²) in [5.74, 6) is 6.07. The first kappa shape index (κ1) is 29.9. The van der Waals surface area contributed by atoms with E-state index in [4.69, 9.17) is 0 Å². The molecule has 2 saturated carbocycles. The minimum absolute atomic E-state index is 0.997. The van der Waals surface area contributed by atoms with Crippen LogP contribution in [0.3, 0.4) is 0 Å². The molecule has 0 unspecified atom stereocenters. The van der Waals surface area contributed by atoms with E-state index in [1.54, 1.807) is 0 Å². The second kappa shape index (κ2) is 15.5. The molecule has 0 atom stereocenters. The summed E-state index contributed by atoms with van der Waals surface area (Å²) in [4.78, 5) is 11.3. The molecule has 2 aliphatic carbocycles. The summed E-state index contributed by atoms with van der Waals surface area (Å²) < 4.78 is 0. The Kier molecular flexibility index (Phi) is 11.6. The molecule has 4 aliphatic heterocycles. The number of rotatable bonds is 9. The highest BCUT2D eigenvalue weighted by molar-refractivity contribution is 4.86. The SMILES string of the molecule is C1CCN(CC2CCC(CN3CCC(C4CCN(CC5CCC(CN6CCCCC6)CC5)CC4)CC3)CC2)CC1. The smallest absolute Gasteiger partial charge is 0.000966 e. The highest BCUT2D eigenvalue weighted by Gasteiger charge is 2.32. The van der Waals surface area contributed by atoms with Gasteiger partial charge >= 0.3 is 0 Å². The Hall–Kier alpha value is -0.160. The third-order valence-electron chi connectivity index (χ3n) is 12.8. The largest absolute Gasteiger partial charge is 0.303 e. The molecule has 4 heteroatoms. The molecule has 6 fully saturated rings. The molecule has 0 aromatic rings. The van der Waals surface area contributed by atoms with Crippen molar-refractivity contribution in [2.75, 3.05) is 78.5 Å². The first-order chi connectivity index (χ1) is 19.8. The van der Waals surface area contributed by atoms with Crippen LogP contribution in [0.2, 0.25) is 0 Å². The molecule has 0 N–H and O–H groups in total. The third-order valence-corrected chi connectivity index (χ3v) is 12.8. The standard InChI is InChI=1S/C36H66N4/c1-3-19-37(20-4-1)27-31-7-11-33(12-8-31)29-39-23-15-35(16-24-39)36-17-25-40(26-18-36)30-34-13-9-32(10-14-34)28-38-21-5-2-6-22-38/h31-36H,1-30H2. The minimum Gasteiger partial charge on any atom is -0.303 e. The highest BCUT2D eigenvalue weighted by Crippen LogP contribution is 2.36. The molecular formula is C36H66N4. The summed E-state index contributed by atoms with van der Waals surface area (Å²) in [5, 5.41) is 0. The van der Waals surface area contributed by atoms with E-state index in [2.05, 4.69) is 19.6 Å². The second-order valence-corrected chi connectivity index (χ2v) is 15.8. The maximum atomic E-state index is 2.88. The van der Waals surface area contributed by atoms with Gasteiger partial charge < -0.3 is 19.6 Å². The molecule has 4 heterocycles. The lowest BCUT2D eigenvalue weighted by molar-refractivity contribution is 0.0710. The first-order valence-corrected chi connectivity index (χ1v) is 18.7. The van der Waals surface area contributed by atoms with Gasteiger partial charge in [-0.3, -0.25) is 0 Å². The van der Waals surface area contributed by atoms with E-state index in [1.165, 1.54) is 194 Å². The first-order valence-electron chi connectivity index (χ1n) is 18.7. The summed E-state index contributed by atoms with van der Waals surface area (Å²) >= 11 is 0. The van der Waals surface area contributed by atoms with Gasteiger partial charge in [-0.2, -0.15) is 0 Å². The fourth-order valence-electron chi connectivity index (χ4n) is 10.2. The Morgan fingerprint density at radius 2 is 0.525 bits per heavy atom. The van der Waals surface area contributed by atoms with Gasteiger partial charge in [0.2, 0.25) is 0 Å². The van der Waals surface area contributed by atoms with E-state index in [0.717, 1.165) is 35.5 Å². The molecule has 0 aromatic carbocycles. The van der Waals surface area contributed by atoms with Crippen LogP contribution in [0.1, 0.15) is 116 Å². The maximum absolute atomic E-state index is 2.88. The normalized spacial score (nSPS) is 35.7. The molecule has 6 aliphatic rings. The summed E-state index contributed by atoms with van der Waals surface area (Å²) in [6.45, 7) is 16.8. The molecule has 6 rings (SSSR count). The fraction of sp³-hybridized carbons (Fsp3) is 1.00. The molecule has 0 spiro atoms. The second-order valence-electron chi connectivity index (χ2n) is 15.8. The molecule has 0 aromatic heterocycles. The van der Waals surface area contributed by atoms with Gasteiger partial charge in [-0.1, -0.05) is 12.8 Å². The van der Waals surface area contributed by atoms with Crippen molar-refractivity contribution in [2.45, 2.75) is 116 Å². The van der Waals surface area contributed by atoms with E-state index in [0.29, 0.717) is 0 Å².